The molecule has 3 N–H and O–H groups in total. The van der Waals surface area contributed by atoms with Gasteiger partial charge in [0, 0.05) is 24.7 Å². The number of carbonyl (C=O) groups excluding carboxylic acids is 1. The van der Waals surface area contributed by atoms with Gasteiger partial charge < -0.3 is 5.73 Å². The summed E-state index contributed by atoms with van der Waals surface area (Å²) in [7, 11) is -3.66. The number of amides is 1. The zero-order chi connectivity index (χ0) is 22.0. The third-order valence-corrected chi connectivity index (χ3v) is 6.48. The van der Waals surface area contributed by atoms with Gasteiger partial charge in [-0.15, -0.1) is 0 Å². The number of hydrogen-bond donors (Lipinski definition) is 2. The summed E-state index contributed by atoms with van der Waals surface area (Å²) in [5.74, 6) is -0.149. The molecule has 4 rings (SSSR count). The van der Waals surface area contributed by atoms with Crippen LogP contribution in [0.1, 0.15) is 30.5 Å². The first-order valence-electron chi connectivity index (χ1n) is 9.74. The molecule has 1 heterocycles. The summed E-state index contributed by atoms with van der Waals surface area (Å²) in [6.45, 7) is 1.48. The molecule has 8 heteroatoms. The molecule has 0 spiro atoms. The van der Waals surface area contributed by atoms with Gasteiger partial charge in [0.15, 0.2) is 0 Å². The summed E-state index contributed by atoms with van der Waals surface area (Å²) in [5, 5.41) is 6.00. The van der Waals surface area contributed by atoms with Crippen molar-refractivity contribution in [3.8, 4) is 0 Å². The standard InChI is InChI=1S/C23H22N4O3S/c1-16(28)27-23(18-7-11-19(24)12-8-18)15-22(25-27)17-9-13-20(14-10-17)26-31(29,30)21-5-3-2-4-6-21/h2-14,23,26H,15,24H2,1H3. The molecule has 1 amide bonds. The average Bonchev–Trinajstić information content (AvgIpc) is 3.21. The third-order valence-electron chi connectivity index (χ3n) is 5.08. The second-order valence-corrected chi connectivity index (χ2v) is 8.98. The summed E-state index contributed by atoms with van der Waals surface area (Å²) in [4.78, 5) is 12.3. The molecule has 0 saturated carbocycles. The number of sulfonamides is 1. The Morgan fingerprint density at radius 2 is 1.65 bits per heavy atom. The van der Waals surface area contributed by atoms with Crippen LogP contribution in [0.4, 0.5) is 11.4 Å². The van der Waals surface area contributed by atoms with E-state index in [1.165, 1.54) is 24.1 Å². The maximum Gasteiger partial charge on any atom is 0.261 e. The summed E-state index contributed by atoms with van der Waals surface area (Å²) in [5.41, 5.74) is 9.42. The van der Waals surface area contributed by atoms with Crippen molar-refractivity contribution >= 4 is 33.0 Å². The van der Waals surface area contributed by atoms with Crippen LogP contribution < -0.4 is 10.5 Å². The van der Waals surface area contributed by atoms with Crippen LogP contribution in [0.5, 0.6) is 0 Å². The first-order valence-corrected chi connectivity index (χ1v) is 11.2. The monoisotopic (exact) mass is 434 g/mol. The Bertz CT molecular complexity index is 1220. The maximum absolute atomic E-state index is 12.5. The summed E-state index contributed by atoms with van der Waals surface area (Å²) in [6, 6.07) is 22.4. The van der Waals surface area contributed by atoms with Gasteiger partial charge in [0.2, 0.25) is 5.91 Å². The molecule has 1 aliphatic rings. The van der Waals surface area contributed by atoms with E-state index in [2.05, 4.69) is 9.82 Å². The topological polar surface area (TPSA) is 105 Å². The zero-order valence-electron chi connectivity index (χ0n) is 16.9. The number of nitrogens with zero attached hydrogens (tertiary/aromatic N) is 2. The number of benzene rings is 3. The lowest BCUT2D eigenvalue weighted by atomic mass is 9.98. The van der Waals surface area contributed by atoms with E-state index in [1.807, 2.05) is 12.1 Å². The molecule has 3 aromatic carbocycles. The van der Waals surface area contributed by atoms with Crippen LogP contribution in [-0.4, -0.2) is 25.0 Å². The Morgan fingerprint density at radius 1 is 1.00 bits per heavy atom. The minimum atomic E-state index is -3.66. The largest absolute Gasteiger partial charge is 0.399 e. The Kier molecular flexibility index (Phi) is 5.48. The fraction of sp³-hybridized carbons (Fsp3) is 0.130. The highest BCUT2D eigenvalue weighted by atomic mass is 32.2. The highest BCUT2D eigenvalue weighted by Crippen LogP contribution is 2.33. The van der Waals surface area contributed by atoms with Crippen molar-refractivity contribution in [3.63, 3.8) is 0 Å². The van der Waals surface area contributed by atoms with Gasteiger partial charge in [-0.3, -0.25) is 9.52 Å². The van der Waals surface area contributed by atoms with E-state index in [4.69, 9.17) is 5.73 Å². The quantitative estimate of drug-likeness (QED) is 0.597. The smallest absolute Gasteiger partial charge is 0.261 e. The molecule has 7 nitrogen and oxygen atoms in total. The van der Waals surface area contributed by atoms with Crippen LogP contribution >= 0.6 is 0 Å². The van der Waals surface area contributed by atoms with Gasteiger partial charge in [0.25, 0.3) is 10.0 Å². The SMILES string of the molecule is CC(=O)N1N=C(c2ccc(NS(=O)(=O)c3ccccc3)cc2)CC1c1ccc(N)cc1. The number of nitrogens with one attached hydrogen (secondary N) is 1. The number of nitrogen functional groups attached to an aromatic ring is 1. The van der Waals surface area contributed by atoms with Crippen LogP contribution in [0.15, 0.2) is 88.9 Å². The lowest BCUT2D eigenvalue weighted by molar-refractivity contribution is -0.130. The van der Waals surface area contributed by atoms with Crippen LogP contribution in [0.25, 0.3) is 0 Å². The van der Waals surface area contributed by atoms with Gasteiger partial charge in [-0.25, -0.2) is 13.4 Å². The fourth-order valence-electron chi connectivity index (χ4n) is 3.50. The van der Waals surface area contributed by atoms with Crippen molar-refractivity contribution in [1.29, 1.82) is 0 Å². The molecular formula is C23H22N4O3S. The minimum Gasteiger partial charge on any atom is -0.399 e. The molecule has 1 atom stereocenters. The number of anilines is 2. The number of carbonyl (C=O) groups is 1. The van der Waals surface area contributed by atoms with Gasteiger partial charge in [-0.2, -0.15) is 5.10 Å². The fourth-order valence-corrected chi connectivity index (χ4v) is 4.58. The Balaban J connectivity index is 1.54. The van der Waals surface area contributed by atoms with Crippen molar-refractivity contribution in [2.24, 2.45) is 5.10 Å². The number of hydrazone groups is 1. The summed E-state index contributed by atoms with van der Waals surface area (Å²) >= 11 is 0. The minimum absolute atomic E-state index is 0.149. The lowest BCUT2D eigenvalue weighted by Crippen LogP contribution is -2.24. The molecular weight excluding hydrogens is 412 g/mol. The summed E-state index contributed by atoms with van der Waals surface area (Å²) in [6.07, 6.45) is 0.554. The average molecular weight is 435 g/mol. The van der Waals surface area contributed by atoms with Gasteiger partial charge in [-0.1, -0.05) is 42.5 Å². The number of hydrogen-bond acceptors (Lipinski definition) is 5. The normalized spacial score (nSPS) is 16.1. The lowest BCUT2D eigenvalue weighted by Gasteiger charge is -2.20. The molecule has 0 radical (unpaired) electrons. The molecule has 3 aromatic rings. The van der Waals surface area contributed by atoms with Crippen LogP contribution in [0.2, 0.25) is 0 Å². The molecule has 0 fully saturated rings. The molecule has 1 aliphatic heterocycles. The van der Waals surface area contributed by atoms with Crippen LogP contribution in [-0.2, 0) is 14.8 Å². The van der Waals surface area contributed by atoms with E-state index < -0.39 is 10.0 Å². The van der Waals surface area contributed by atoms with E-state index in [1.54, 1.807) is 54.6 Å². The van der Waals surface area contributed by atoms with Gasteiger partial charge in [-0.05, 0) is 47.5 Å². The first-order chi connectivity index (χ1) is 14.8. The van der Waals surface area contributed by atoms with Crippen molar-refractivity contribution in [2.75, 3.05) is 10.5 Å². The second kappa shape index (κ2) is 8.23. The van der Waals surface area contributed by atoms with Crippen molar-refractivity contribution in [3.05, 3.63) is 90.0 Å². The molecule has 31 heavy (non-hydrogen) atoms. The van der Waals surface area contributed by atoms with E-state index in [0.717, 1.165) is 16.8 Å². The Hall–Kier alpha value is -3.65. The van der Waals surface area contributed by atoms with Crippen molar-refractivity contribution < 1.29 is 13.2 Å². The molecule has 0 aromatic heterocycles. The Morgan fingerprint density at radius 3 is 2.26 bits per heavy atom. The van der Waals surface area contributed by atoms with Gasteiger partial charge >= 0.3 is 0 Å². The van der Waals surface area contributed by atoms with Crippen molar-refractivity contribution in [2.45, 2.75) is 24.3 Å². The highest BCUT2D eigenvalue weighted by molar-refractivity contribution is 7.92. The highest BCUT2D eigenvalue weighted by Gasteiger charge is 2.31. The zero-order valence-corrected chi connectivity index (χ0v) is 17.7. The predicted molar refractivity (Wildman–Crippen MR) is 121 cm³/mol. The number of rotatable bonds is 5. The van der Waals surface area contributed by atoms with E-state index >= 15 is 0 Å². The number of nitrogens with two attached hydrogens (primary N) is 1. The Labute approximate surface area is 181 Å². The molecule has 1 unspecified atom stereocenters. The predicted octanol–water partition coefficient (Wildman–Crippen LogP) is 3.77. The van der Waals surface area contributed by atoms with Crippen LogP contribution in [0.3, 0.4) is 0 Å². The van der Waals surface area contributed by atoms with Crippen molar-refractivity contribution in [1.82, 2.24) is 5.01 Å². The van der Waals surface area contributed by atoms with Gasteiger partial charge in [0.05, 0.1) is 16.6 Å². The van der Waals surface area contributed by atoms with E-state index in [-0.39, 0.29) is 16.8 Å². The third kappa shape index (κ3) is 4.44. The van der Waals surface area contributed by atoms with E-state index in [0.29, 0.717) is 17.8 Å². The first kappa shape index (κ1) is 20.6. The molecule has 158 valence electrons. The summed E-state index contributed by atoms with van der Waals surface area (Å²) < 4.78 is 27.6. The molecule has 0 bridgehead atoms. The van der Waals surface area contributed by atoms with Crippen LogP contribution in [0, 0.1) is 0 Å². The van der Waals surface area contributed by atoms with Gasteiger partial charge in [0.1, 0.15) is 0 Å². The maximum atomic E-state index is 12.5. The van der Waals surface area contributed by atoms with E-state index in [9.17, 15) is 13.2 Å². The second-order valence-electron chi connectivity index (χ2n) is 7.29. The molecule has 0 aliphatic carbocycles. The molecule has 0 saturated heterocycles.